The lowest BCUT2D eigenvalue weighted by Gasteiger charge is -2.11. The number of para-hydroxylation sites is 1. The van der Waals surface area contributed by atoms with Crippen LogP contribution in [0.5, 0.6) is 0 Å². The molecule has 0 amide bonds. The van der Waals surface area contributed by atoms with Gasteiger partial charge in [-0.3, -0.25) is 0 Å². The quantitative estimate of drug-likeness (QED) is 0.766. The van der Waals surface area contributed by atoms with Gasteiger partial charge in [0.25, 0.3) is 0 Å². The standard InChI is InChI=1S/C16H17N3S/c1-3-9-17-15-12-7-4-6-11(2)14(12)18-16(19-15)13-8-5-10-20-13/h4-8,10H,3,9H2,1-2H3,(H,17,18,19). The molecule has 3 aromatic rings. The van der Waals surface area contributed by atoms with Crippen LogP contribution in [0.2, 0.25) is 0 Å². The Bertz CT molecular complexity index is 720. The minimum absolute atomic E-state index is 0.806. The van der Waals surface area contributed by atoms with E-state index >= 15 is 0 Å². The molecule has 0 spiro atoms. The van der Waals surface area contributed by atoms with E-state index < -0.39 is 0 Å². The monoisotopic (exact) mass is 283 g/mol. The van der Waals surface area contributed by atoms with Crippen LogP contribution in [0, 0.1) is 6.92 Å². The fourth-order valence-electron chi connectivity index (χ4n) is 2.19. The highest BCUT2D eigenvalue weighted by Gasteiger charge is 2.11. The van der Waals surface area contributed by atoms with E-state index in [9.17, 15) is 0 Å². The van der Waals surface area contributed by atoms with Gasteiger partial charge in [-0.1, -0.05) is 25.1 Å². The average molecular weight is 283 g/mol. The lowest BCUT2D eigenvalue weighted by molar-refractivity contribution is 0.970. The van der Waals surface area contributed by atoms with Crippen LogP contribution < -0.4 is 5.32 Å². The first-order valence-corrected chi connectivity index (χ1v) is 7.72. The Kier molecular flexibility index (Phi) is 3.65. The topological polar surface area (TPSA) is 37.8 Å². The second kappa shape index (κ2) is 5.59. The highest BCUT2D eigenvalue weighted by molar-refractivity contribution is 7.13. The van der Waals surface area contributed by atoms with Crippen LogP contribution in [0.25, 0.3) is 21.6 Å². The van der Waals surface area contributed by atoms with Crippen molar-refractivity contribution >= 4 is 28.1 Å². The smallest absolute Gasteiger partial charge is 0.172 e. The van der Waals surface area contributed by atoms with Crippen molar-refractivity contribution in [3.05, 3.63) is 41.3 Å². The molecule has 0 aliphatic carbocycles. The molecule has 0 unspecified atom stereocenters. The Morgan fingerprint density at radius 1 is 1.15 bits per heavy atom. The first-order chi connectivity index (χ1) is 9.79. The van der Waals surface area contributed by atoms with Crippen LogP contribution in [-0.2, 0) is 0 Å². The van der Waals surface area contributed by atoms with Gasteiger partial charge in [-0.15, -0.1) is 11.3 Å². The maximum atomic E-state index is 4.75. The van der Waals surface area contributed by atoms with Crippen molar-refractivity contribution in [2.45, 2.75) is 20.3 Å². The van der Waals surface area contributed by atoms with Crippen molar-refractivity contribution in [1.29, 1.82) is 0 Å². The van der Waals surface area contributed by atoms with Gasteiger partial charge in [0.05, 0.1) is 10.4 Å². The van der Waals surface area contributed by atoms with E-state index in [0.29, 0.717) is 0 Å². The Morgan fingerprint density at radius 2 is 2.05 bits per heavy atom. The van der Waals surface area contributed by atoms with Gasteiger partial charge in [-0.2, -0.15) is 0 Å². The fourth-order valence-corrected chi connectivity index (χ4v) is 2.85. The number of rotatable bonds is 4. The lowest BCUT2D eigenvalue weighted by Crippen LogP contribution is -2.05. The van der Waals surface area contributed by atoms with Gasteiger partial charge in [0.2, 0.25) is 0 Å². The molecular formula is C16H17N3S. The third kappa shape index (κ3) is 2.39. The molecule has 0 bridgehead atoms. The molecule has 0 aliphatic heterocycles. The maximum Gasteiger partial charge on any atom is 0.172 e. The molecule has 20 heavy (non-hydrogen) atoms. The molecule has 0 saturated carbocycles. The molecule has 0 saturated heterocycles. The van der Waals surface area contributed by atoms with E-state index in [1.807, 2.05) is 6.07 Å². The Morgan fingerprint density at radius 3 is 2.80 bits per heavy atom. The minimum Gasteiger partial charge on any atom is -0.369 e. The highest BCUT2D eigenvalue weighted by atomic mass is 32.1. The summed E-state index contributed by atoms with van der Waals surface area (Å²) in [5.41, 5.74) is 2.21. The van der Waals surface area contributed by atoms with Gasteiger partial charge in [0.15, 0.2) is 5.82 Å². The SMILES string of the molecule is CCCNc1nc(-c2cccs2)nc2c(C)cccc12. The zero-order chi connectivity index (χ0) is 13.9. The minimum atomic E-state index is 0.806. The summed E-state index contributed by atoms with van der Waals surface area (Å²) in [6.45, 7) is 5.17. The van der Waals surface area contributed by atoms with Gasteiger partial charge in [-0.25, -0.2) is 9.97 Å². The molecule has 102 valence electrons. The Labute approximate surface area is 122 Å². The van der Waals surface area contributed by atoms with Crippen molar-refractivity contribution in [2.75, 3.05) is 11.9 Å². The molecule has 0 radical (unpaired) electrons. The molecule has 0 atom stereocenters. The Balaban J connectivity index is 2.20. The molecule has 0 fully saturated rings. The number of fused-ring (bicyclic) bond motifs is 1. The largest absolute Gasteiger partial charge is 0.369 e. The third-order valence-electron chi connectivity index (χ3n) is 3.21. The number of hydrogen-bond acceptors (Lipinski definition) is 4. The van der Waals surface area contributed by atoms with E-state index in [-0.39, 0.29) is 0 Å². The van der Waals surface area contributed by atoms with Crippen molar-refractivity contribution in [3.63, 3.8) is 0 Å². The zero-order valence-corrected chi connectivity index (χ0v) is 12.5. The van der Waals surface area contributed by atoms with Gasteiger partial charge in [0.1, 0.15) is 5.82 Å². The van der Waals surface area contributed by atoms with Gasteiger partial charge >= 0.3 is 0 Å². The van der Waals surface area contributed by atoms with Crippen LogP contribution in [0.4, 0.5) is 5.82 Å². The maximum absolute atomic E-state index is 4.75. The summed E-state index contributed by atoms with van der Waals surface area (Å²) < 4.78 is 0. The number of thiophene rings is 1. The second-order valence-corrected chi connectivity index (χ2v) is 5.72. The van der Waals surface area contributed by atoms with Crippen LogP contribution >= 0.6 is 11.3 Å². The highest BCUT2D eigenvalue weighted by Crippen LogP contribution is 2.28. The number of nitrogens with one attached hydrogen (secondary N) is 1. The second-order valence-electron chi connectivity index (χ2n) is 4.77. The van der Waals surface area contributed by atoms with Crippen LogP contribution in [0.1, 0.15) is 18.9 Å². The molecule has 1 aromatic carbocycles. The summed E-state index contributed by atoms with van der Waals surface area (Å²) in [5.74, 6) is 1.74. The molecule has 2 aromatic heterocycles. The van der Waals surface area contributed by atoms with E-state index in [0.717, 1.165) is 40.4 Å². The summed E-state index contributed by atoms with van der Waals surface area (Å²) in [7, 11) is 0. The summed E-state index contributed by atoms with van der Waals surface area (Å²) >= 11 is 1.67. The van der Waals surface area contributed by atoms with Crippen LogP contribution in [0.3, 0.4) is 0 Å². The predicted molar refractivity (Wildman–Crippen MR) is 86.4 cm³/mol. The molecule has 3 rings (SSSR count). The first-order valence-electron chi connectivity index (χ1n) is 6.84. The van der Waals surface area contributed by atoms with Gasteiger partial charge < -0.3 is 5.32 Å². The van der Waals surface area contributed by atoms with Gasteiger partial charge in [-0.05, 0) is 36.4 Å². The lowest BCUT2D eigenvalue weighted by atomic mass is 10.1. The number of hydrogen-bond donors (Lipinski definition) is 1. The molecule has 0 aliphatic rings. The molecule has 4 heteroatoms. The fraction of sp³-hybridized carbons (Fsp3) is 0.250. The van der Waals surface area contributed by atoms with Crippen LogP contribution in [-0.4, -0.2) is 16.5 Å². The number of benzene rings is 1. The van der Waals surface area contributed by atoms with E-state index in [1.54, 1.807) is 11.3 Å². The predicted octanol–water partition coefficient (Wildman–Crippen LogP) is 4.49. The average Bonchev–Trinajstić information content (AvgIpc) is 2.99. The summed E-state index contributed by atoms with van der Waals surface area (Å²) in [6.07, 6.45) is 1.08. The van der Waals surface area contributed by atoms with E-state index in [4.69, 9.17) is 9.97 Å². The summed E-state index contributed by atoms with van der Waals surface area (Å²) in [5, 5.41) is 6.57. The van der Waals surface area contributed by atoms with Crippen molar-refractivity contribution < 1.29 is 0 Å². The number of nitrogens with zero attached hydrogens (tertiary/aromatic N) is 2. The first kappa shape index (κ1) is 13.1. The van der Waals surface area contributed by atoms with Gasteiger partial charge in [0, 0.05) is 11.9 Å². The van der Waals surface area contributed by atoms with Crippen molar-refractivity contribution in [3.8, 4) is 10.7 Å². The number of aryl methyl sites for hydroxylation is 1. The number of anilines is 1. The molecule has 3 nitrogen and oxygen atoms in total. The zero-order valence-electron chi connectivity index (χ0n) is 11.7. The molecule has 1 N–H and O–H groups in total. The summed E-state index contributed by atoms with van der Waals surface area (Å²) in [6, 6.07) is 10.3. The van der Waals surface area contributed by atoms with Crippen molar-refractivity contribution in [2.24, 2.45) is 0 Å². The van der Waals surface area contributed by atoms with E-state index in [1.165, 1.54) is 5.56 Å². The third-order valence-corrected chi connectivity index (χ3v) is 4.08. The van der Waals surface area contributed by atoms with E-state index in [2.05, 4.69) is 48.8 Å². The normalized spacial score (nSPS) is 10.9. The molecular weight excluding hydrogens is 266 g/mol. The van der Waals surface area contributed by atoms with Crippen molar-refractivity contribution in [1.82, 2.24) is 9.97 Å². The Hall–Kier alpha value is -1.94. The summed E-state index contributed by atoms with van der Waals surface area (Å²) in [4.78, 5) is 10.6. The number of aromatic nitrogens is 2. The van der Waals surface area contributed by atoms with Crippen LogP contribution in [0.15, 0.2) is 35.7 Å². The molecule has 2 heterocycles.